The van der Waals surface area contributed by atoms with Gasteiger partial charge in [0, 0.05) is 22.0 Å². The SMILES string of the molecule is COc1ccccc1[C@H]1SCC(=S)Nc2ccc(Cl)cc21. The van der Waals surface area contributed by atoms with E-state index in [0.29, 0.717) is 0 Å². The van der Waals surface area contributed by atoms with Crippen LogP contribution in [0.15, 0.2) is 42.5 Å². The fourth-order valence-corrected chi connectivity index (χ4v) is 4.07. The van der Waals surface area contributed by atoms with Gasteiger partial charge in [-0.3, -0.25) is 0 Å². The maximum absolute atomic E-state index is 6.19. The van der Waals surface area contributed by atoms with Crippen LogP contribution in [0.1, 0.15) is 16.4 Å². The monoisotopic (exact) mass is 335 g/mol. The first kappa shape index (κ1) is 14.7. The number of hydrogen-bond donors (Lipinski definition) is 1. The molecule has 1 heterocycles. The number of halogens is 1. The molecule has 1 aliphatic rings. The Labute approximate surface area is 138 Å². The van der Waals surface area contributed by atoms with E-state index in [1.165, 1.54) is 0 Å². The van der Waals surface area contributed by atoms with Crippen molar-refractivity contribution in [3.05, 3.63) is 58.6 Å². The highest BCUT2D eigenvalue weighted by Crippen LogP contribution is 2.45. The van der Waals surface area contributed by atoms with E-state index in [1.54, 1.807) is 18.9 Å². The number of methoxy groups -OCH3 is 1. The quantitative estimate of drug-likeness (QED) is 0.786. The minimum absolute atomic E-state index is 0.141. The third-order valence-corrected chi connectivity index (χ3v) is 5.33. The summed E-state index contributed by atoms with van der Waals surface area (Å²) in [6.07, 6.45) is 0. The molecule has 0 aromatic heterocycles. The van der Waals surface area contributed by atoms with Gasteiger partial charge in [-0.05, 0) is 29.8 Å². The lowest BCUT2D eigenvalue weighted by molar-refractivity contribution is 0.410. The summed E-state index contributed by atoms with van der Waals surface area (Å²) < 4.78 is 5.51. The number of anilines is 1. The summed E-state index contributed by atoms with van der Waals surface area (Å²) in [4.78, 5) is 0.834. The van der Waals surface area contributed by atoms with Crippen molar-refractivity contribution < 1.29 is 4.74 Å². The molecule has 0 bridgehead atoms. The zero-order valence-electron chi connectivity index (χ0n) is 11.4. The Bertz CT molecular complexity index is 690. The zero-order valence-corrected chi connectivity index (χ0v) is 13.8. The molecule has 0 unspecified atom stereocenters. The molecular formula is C16H14ClNOS2. The third-order valence-electron chi connectivity index (χ3n) is 3.37. The number of fused-ring (bicyclic) bond motifs is 1. The third kappa shape index (κ3) is 3.03. The molecule has 1 N–H and O–H groups in total. The highest BCUT2D eigenvalue weighted by molar-refractivity contribution is 8.01. The molecule has 1 aliphatic heterocycles. The first-order chi connectivity index (χ1) is 10.2. The van der Waals surface area contributed by atoms with Crippen LogP contribution in [0.5, 0.6) is 5.75 Å². The van der Waals surface area contributed by atoms with Crippen LogP contribution in [0.2, 0.25) is 5.02 Å². The Hall–Kier alpha value is -1.23. The van der Waals surface area contributed by atoms with E-state index in [-0.39, 0.29) is 5.25 Å². The lowest BCUT2D eigenvalue weighted by Crippen LogP contribution is -2.09. The van der Waals surface area contributed by atoms with Crippen LogP contribution in [0.4, 0.5) is 5.69 Å². The van der Waals surface area contributed by atoms with Gasteiger partial charge in [0.2, 0.25) is 0 Å². The molecule has 0 saturated heterocycles. The topological polar surface area (TPSA) is 21.3 Å². The molecule has 3 rings (SSSR count). The van der Waals surface area contributed by atoms with Crippen molar-refractivity contribution in [2.24, 2.45) is 0 Å². The smallest absolute Gasteiger partial charge is 0.123 e. The van der Waals surface area contributed by atoms with E-state index in [9.17, 15) is 0 Å². The Morgan fingerprint density at radius 1 is 1.24 bits per heavy atom. The molecular weight excluding hydrogens is 322 g/mol. The number of ether oxygens (including phenoxy) is 1. The van der Waals surface area contributed by atoms with E-state index in [0.717, 1.165) is 38.3 Å². The Morgan fingerprint density at radius 2 is 2.05 bits per heavy atom. The Balaban J connectivity index is 2.14. The largest absolute Gasteiger partial charge is 0.496 e. The first-order valence-electron chi connectivity index (χ1n) is 6.53. The van der Waals surface area contributed by atoms with Gasteiger partial charge in [-0.25, -0.2) is 0 Å². The van der Waals surface area contributed by atoms with Gasteiger partial charge in [0.1, 0.15) is 5.75 Å². The predicted octanol–water partition coefficient (Wildman–Crippen LogP) is 4.92. The molecule has 21 heavy (non-hydrogen) atoms. The number of thioether (sulfide) groups is 1. The van der Waals surface area contributed by atoms with Crippen molar-refractivity contribution >= 4 is 46.3 Å². The molecule has 0 amide bonds. The molecule has 2 nitrogen and oxygen atoms in total. The number of hydrogen-bond acceptors (Lipinski definition) is 3. The summed E-state index contributed by atoms with van der Waals surface area (Å²) in [5.74, 6) is 1.65. The minimum Gasteiger partial charge on any atom is -0.496 e. The summed E-state index contributed by atoms with van der Waals surface area (Å²) in [6, 6.07) is 13.9. The molecule has 1 atom stereocenters. The fourth-order valence-electron chi connectivity index (χ4n) is 2.44. The number of nitrogens with one attached hydrogen (secondary N) is 1. The number of thiocarbonyl (C=S) groups is 1. The van der Waals surface area contributed by atoms with E-state index < -0.39 is 0 Å². The fraction of sp³-hybridized carbons (Fsp3) is 0.188. The van der Waals surface area contributed by atoms with Crippen LogP contribution in [0, 0.1) is 0 Å². The van der Waals surface area contributed by atoms with Crippen LogP contribution < -0.4 is 10.1 Å². The summed E-state index contributed by atoms with van der Waals surface area (Å²) in [5, 5.41) is 4.17. The lowest BCUT2D eigenvalue weighted by Gasteiger charge is -2.19. The van der Waals surface area contributed by atoms with Gasteiger partial charge in [0.05, 0.1) is 17.3 Å². The van der Waals surface area contributed by atoms with E-state index in [1.807, 2.05) is 36.4 Å². The highest BCUT2D eigenvalue weighted by atomic mass is 35.5. The van der Waals surface area contributed by atoms with Crippen molar-refractivity contribution in [2.75, 3.05) is 18.2 Å². The average molecular weight is 336 g/mol. The van der Waals surface area contributed by atoms with Crippen molar-refractivity contribution in [3.63, 3.8) is 0 Å². The van der Waals surface area contributed by atoms with Crippen molar-refractivity contribution in [1.82, 2.24) is 0 Å². The highest BCUT2D eigenvalue weighted by Gasteiger charge is 2.25. The van der Waals surface area contributed by atoms with Gasteiger partial charge >= 0.3 is 0 Å². The van der Waals surface area contributed by atoms with Crippen LogP contribution in [0.3, 0.4) is 0 Å². The summed E-state index contributed by atoms with van der Waals surface area (Å²) >= 11 is 13.3. The lowest BCUT2D eigenvalue weighted by atomic mass is 10.0. The summed E-state index contributed by atoms with van der Waals surface area (Å²) in [7, 11) is 1.70. The Morgan fingerprint density at radius 3 is 2.86 bits per heavy atom. The molecule has 108 valence electrons. The molecule has 0 spiro atoms. The van der Waals surface area contributed by atoms with Crippen molar-refractivity contribution in [3.8, 4) is 5.75 Å². The van der Waals surface area contributed by atoms with Gasteiger partial charge < -0.3 is 10.1 Å². The second kappa shape index (κ2) is 6.26. The van der Waals surface area contributed by atoms with Crippen LogP contribution >= 0.6 is 35.6 Å². The van der Waals surface area contributed by atoms with Gasteiger partial charge in [-0.2, -0.15) is 0 Å². The number of benzene rings is 2. The molecule has 0 fully saturated rings. The number of para-hydroxylation sites is 1. The molecule has 2 aromatic rings. The second-order valence-corrected chi connectivity index (χ2v) is 6.74. The van der Waals surface area contributed by atoms with Gasteiger partial charge in [-0.1, -0.05) is 42.0 Å². The minimum atomic E-state index is 0.141. The van der Waals surface area contributed by atoms with Gasteiger partial charge in [0.15, 0.2) is 0 Å². The van der Waals surface area contributed by atoms with Gasteiger partial charge in [-0.15, -0.1) is 11.8 Å². The molecule has 2 aromatic carbocycles. The Kier molecular flexibility index (Phi) is 4.38. The van der Waals surface area contributed by atoms with E-state index >= 15 is 0 Å². The summed E-state index contributed by atoms with van der Waals surface area (Å²) in [6.45, 7) is 0. The van der Waals surface area contributed by atoms with Crippen LogP contribution in [-0.4, -0.2) is 17.9 Å². The van der Waals surface area contributed by atoms with Crippen molar-refractivity contribution in [2.45, 2.75) is 5.25 Å². The van der Waals surface area contributed by atoms with Gasteiger partial charge in [0.25, 0.3) is 0 Å². The average Bonchev–Trinajstić information content (AvgIpc) is 2.65. The van der Waals surface area contributed by atoms with Crippen LogP contribution in [-0.2, 0) is 0 Å². The van der Waals surface area contributed by atoms with Crippen LogP contribution in [0.25, 0.3) is 0 Å². The standard InChI is InChI=1S/C16H14ClNOS2/c1-19-14-5-3-2-4-11(14)16-12-8-10(17)6-7-13(12)18-15(20)9-21-16/h2-8,16H,9H2,1H3,(H,18,20)/t16-/m1/s1. The van der Waals surface area contributed by atoms with E-state index in [4.69, 9.17) is 28.6 Å². The van der Waals surface area contributed by atoms with E-state index in [2.05, 4.69) is 11.4 Å². The molecule has 0 radical (unpaired) electrons. The maximum Gasteiger partial charge on any atom is 0.123 e. The molecule has 0 saturated carbocycles. The maximum atomic E-state index is 6.19. The second-order valence-electron chi connectivity index (χ2n) is 4.71. The first-order valence-corrected chi connectivity index (χ1v) is 8.36. The molecule has 5 heteroatoms. The summed E-state index contributed by atoms with van der Waals surface area (Å²) in [5.41, 5.74) is 3.29. The number of rotatable bonds is 2. The molecule has 0 aliphatic carbocycles. The normalized spacial score (nSPS) is 17.6. The predicted molar refractivity (Wildman–Crippen MR) is 95.0 cm³/mol. The zero-order chi connectivity index (χ0) is 14.8. The van der Waals surface area contributed by atoms with Crippen molar-refractivity contribution in [1.29, 1.82) is 0 Å².